The van der Waals surface area contributed by atoms with Crippen LogP contribution in [0.3, 0.4) is 0 Å². The molecule has 0 amide bonds. The summed E-state index contributed by atoms with van der Waals surface area (Å²) < 4.78 is 5.91. The monoisotopic (exact) mass is 236 g/mol. The van der Waals surface area contributed by atoms with E-state index in [4.69, 9.17) is 4.74 Å². The van der Waals surface area contributed by atoms with Gasteiger partial charge in [0.2, 0.25) is 0 Å². The van der Waals surface area contributed by atoms with E-state index in [1.165, 1.54) is 25.3 Å². The summed E-state index contributed by atoms with van der Waals surface area (Å²) in [5.74, 6) is 0.00203. The molecule has 6 heteroatoms. The Morgan fingerprint density at radius 2 is 2.18 bits per heavy atom. The summed E-state index contributed by atoms with van der Waals surface area (Å²) in [6.07, 6.45) is 0. The summed E-state index contributed by atoms with van der Waals surface area (Å²) in [5.41, 5.74) is -0.570. The van der Waals surface area contributed by atoms with Crippen LogP contribution in [0.25, 0.3) is 10.9 Å². The van der Waals surface area contributed by atoms with Crippen molar-refractivity contribution in [3.63, 3.8) is 0 Å². The number of aromatic amines is 1. The van der Waals surface area contributed by atoms with Crippen molar-refractivity contribution in [1.29, 1.82) is 0 Å². The van der Waals surface area contributed by atoms with Crippen molar-refractivity contribution in [2.24, 2.45) is 0 Å². The third kappa shape index (κ3) is 2.07. The first-order valence-electron chi connectivity index (χ1n) is 5.08. The second-order valence-electron chi connectivity index (χ2n) is 3.61. The molecule has 0 aliphatic heterocycles. The molecule has 2 N–H and O–H groups in total. The van der Waals surface area contributed by atoms with Gasteiger partial charge in [-0.3, -0.25) is 9.36 Å². The lowest BCUT2D eigenvalue weighted by molar-refractivity contribution is 0.185. The second kappa shape index (κ2) is 4.42. The molecule has 0 atom stereocenters. The summed E-state index contributed by atoms with van der Waals surface area (Å²) in [6, 6.07) is 4.23. The molecule has 1 aromatic carbocycles. The first-order chi connectivity index (χ1) is 8.13. The second-order valence-corrected chi connectivity index (χ2v) is 3.61. The fourth-order valence-corrected chi connectivity index (χ4v) is 1.63. The molecule has 1 aromatic heterocycles. The average Bonchev–Trinajstić information content (AvgIpc) is 2.28. The number of nitrogens with one attached hydrogen (secondary N) is 1. The molecule has 0 radical (unpaired) electrons. The summed E-state index contributed by atoms with van der Waals surface area (Å²) in [7, 11) is 1.50. The highest BCUT2D eigenvalue weighted by molar-refractivity contribution is 5.78. The van der Waals surface area contributed by atoms with Gasteiger partial charge in [-0.05, 0) is 12.1 Å². The Hall–Kier alpha value is -2.08. The standard InChI is InChI=1S/C11H12N2O4/c1-17-5-4-13-10(15)8-3-2-7(14)6-9(8)12-11(13)16/h2-3,6,14H,4-5H2,1H3,(H,12,16). The molecule has 2 aromatic rings. The number of hydrogen-bond acceptors (Lipinski definition) is 4. The van der Waals surface area contributed by atoms with Crippen molar-refractivity contribution in [3.05, 3.63) is 39.0 Å². The minimum absolute atomic E-state index is 0.00203. The van der Waals surface area contributed by atoms with Crippen molar-refractivity contribution in [2.75, 3.05) is 13.7 Å². The maximum absolute atomic E-state index is 12.0. The Bertz CT molecular complexity index is 657. The molecule has 0 saturated carbocycles. The SMILES string of the molecule is COCCn1c(=O)[nH]c2cc(O)ccc2c1=O. The van der Waals surface area contributed by atoms with E-state index in [-0.39, 0.29) is 24.5 Å². The summed E-state index contributed by atoms with van der Waals surface area (Å²) >= 11 is 0. The fraction of sp³-hybridized carbons (Fsp3) is 0.273. The van der Waals surface area contributed by atoms with E-state index >= 15 is 0 Å². The number of methoxy groups -OCH3 is 1. The summed E-state index contributed by atoms with van der Waals surface area (Å²) in [4.78, 5) is 26.2. The highest BCUT2D eigenvalue weighted by atomic mass is 16.5. The Morgan fingerprint density at radius 1 is 1.41 bits per heavy atom. The number of aromatic nitrogens is 2. The number of H-pyrrole nitrogens is 1. The molecule has 0 saturated heterocycles. The van der Waals surface area contributed by atoms with Gasteiger partial charge in [-0.25, -0.2) is 4.79 Å². The third-order valence-corrected chi connectivity index (χ3v) is 2.48. The minimum Gasteiger partial charge on any atom is -0.508 e. The van der Waals surface area contributed by atoms with Crippen molar-refractivity contribution in [3.8, 4) is 5.75 Å². The smallest absolute Gasteiger partial charge is 0.328 e. The summed E-state index contributed by atoms with van der Waals surface area (Å²) in [6.45, 7) is 0.480. The molecule has 0 aliphatic rings. The van der Waals surface area contributed by atoms with Crippen LogP contribution in [0, 0.1) is 0 Å². The minimum atomic E-state index is -0.509. The number of phenols is 1. The number of phenolic OH excluding ortho intramolecular Hbond substituents is 1. The highest BCUT2D eigenvalue weighted by Crippen LogP contribution is 2.13. The van der Waals surface area contributed by atoms with Crippen LogP contribution < -0.4 is 11.2 Å². The molecule has 1 heterocycles. The van der Waals surface area contributed by atoms with Gasteiger partial charge in [-0.2, -0.15) is 0 Å². The van der Waals surface area contributed by atoms with E-state index in [0.717, 1.165) is 4.57 Å². The zero-order valence-corrected chi connectivity index (χ0v) is 9.27. The van der Waals surface area contributed by atoms with Crippen molar-refractivity contribution in [2.45, 2.75) is 6.54 Å². The molecule has 0 aliphatic carbocycles. The quantitative estimate of drug-likeness (QED) is 0.788. The van der Waals surface area contributed by atoms with Crippen LogP contribution in [0.1, 0.15) is 0 Å². The van der Waals surface area contributed by atoms with Crippen LogP contribution in [-0.2, 0) is 11.3 Å². The number of nitrogens with zero attached hydrogens (tertiary/aromatic N) is 1. The lowest BCUT2D eigenvalue weighted by atomic mass is 10.2. The summed E-state index contributed by atoms with van der Waals surface area (Å²) in [5, 5.41) is 9.63. The van der Waals surface area contributed by atoms with Gasteiger partial charge in [0.05, 0.1) is 24.1 Å². The maximum atomic E-state index is 12.0. The predicted molar refractivity (Wildman–Crippen MR) is 62.4 cm³/mol. The van der Waals surface area contributed by atoms with E-state index in [1.807, 2.05) is 0 Å². The van der Waals surface area contributed by atoms with Gasteiger partial charge in [-0.1, -0.05) is 0 Å². The zero-order chi connectivity index (χ0) is 12.4. The molecular weight excluding hydrogens is 224 g/mol. The topological polar surface area (TPSA) is 84.3 Å². The van der Waals surface area contributed by atoms with E-state index in [1.54, 1.807) is 0 Å². The largest absolute Gasteiger partial charge is 0.508 e. The number of hydrogen-bond donors (Lipinski definition) is 2. The molecule has 0 fully saturated rings. The highest BCUT2D eigenvalue weighted by Gasteiger charge is 2.07. The van der Waals surface area contributed by atoms with Crippen LogP contribution >= 0.6 is 0 Å². The number of aromatic hydroxyl groups is 1. The van der Waals surface area contributed by atoms with Crippen LogP contribution in [0.5, 0.6) is 5.75 Å². The van der Waals surface area contributed by atoms with Crippen LogP contribution in [0.4, 0.5) is 0 Å². The van der Waals surface area contributed by atoms with Crippen molar-refractivity contribution >= 4 is 10.9 Å². The fourth-order valence-electron chi connectivity index (χ4n) is 1.63. The molecular formula is C11H12N2O4. The van der Waals surface area contributed by atoms with Crippen LogP contribution in [-0.4, -0.2) is 28.4 Å². The van der Waals surface area contributed by atoms with Gasteiger partial charge < -0.3 is 14.8 Å². The van der Waals surface area contributed by atoms with Crippen molar-refractivity contribution < 1.29 is 9.84 Å². The predicted octanol–water partition coefficient (Wildman–Crippen LogP) is 0.0418. The number of benzene rings is 1. The molecule has 90 valence electrons. The van der Waals surface area contributed by atoms with Crippen molar-refractivity contribution in [1.82, 2.24) is 9.55 Å². The maximum Gasteiger partial charge on any atom is 0.328 e. The molecule has 6 nitrogen and oxygen atoms in total. The Labute approximate surface area is 96.1 Å². The normalized spacial score (nSPS) is 10.9. The van der Waals surface area contributed by atoms with E-state index < -0.39 is 5.69 Å². The molecule has 17 heavy (non-hydrogen) atoms. The van der Waals surface area contributed by atoms with Crippen LogP contribution in [0.2, 0.25) is 0 Å². The Morgan fingerprint density at radius 3 is 2.88 bits per heavy atom. The average molecular weight is 236 g/mol. The lowest BCUT2D eigenvalue weighted by Gasteiger charge is -2.05. The first-order valence-corrected chi connectivity index (χ1v) is 5.08. The number of rotatable bonds is 3. The lowest BCUT2D eigenvalue weighted by Crippen LogP contribution is -2.36. The molecule has 0 unspecified atom stereocenters. The number of ether oxygens (including phenoxy) is 1. The van der Waals surface area contributed by atoms with E-state index in [0.29, 0.717) is 10.9 Å². The molecule has 0 bridgehead atoms. The Balaban J connectivity index is 2.68. The van der Waals surface area contributed by atoms with Gasteiger partial charge in [0.25, 0.3) is 5.56 Å². The van der Waals surface area contributed by atoms with Gasteiger partial charge in [0, 0.05) is 13.2 Å². The molecule has 2 rings (SSSR count). The number of fused-ring (bicyclic) bond motifs is 1. The third-order valence-electron chi connectivity index (χ3n) is 2.48. The van der Waals surface area contributed by atoms with E-state index in [2.05, 4.69) is 4.98 Å². The van der Waals surface area contributed by atoms with Gasteiger partial charge in [0.1, 0.15) is 5.75 Å². The Kier molecular flexibility index (Phi) is 2.97. The van der Waals surface area contributed by atoms with Crippen LogP contribution in [0.15, 0.2) is 27.8 Å². The van der Waals surface area contributed by atoms with E-state index in [9.17, 15) is 14.7 Å². The first kappa shape index (κ1) is 11.4. The van der Waals surface area contributed by atoms with Gasteiger partial charge in [0.15, 0.2) is 0 Å². The zero-order valence-electron chi connectivity index (χ0n) is 9.27. The van der Waals surface area contributed by atoms with Gasteiger partial charge >= 0.3 is 5.69 Å². The molecule has 0 spiro atoms. The van der Waals surface area contributed by atoms with Gasteiger partial charge in [-0.15, -0.1) is 0 Å².